The molecule has 0 atom stereocenters. The Bertz CT molecular complexity index is 331. The third-order valence-electron chi connectivity index (χ3n) is 3.67. The first kappa shape index (κ1) is 13.3. The summed E-state index contributed by atoms with van der Waals surface area (Å²) in [6.07, 6.45) is 5.40. The summed E-state index contributed by atoms with van der Waals surface area (Å²) in [6.45, 7) is 1.75. The standard InChI is InChI=1S/C11H22N2O3S/c14-11-7-10(8-11)9-12-17(15,16)13-5-3-1-2-4-6-13/h10-12,14H,1-9H2. The highest BCUT2D eigenvalue weighted by atomic mass is 32.2. The van der Waals surface area contributed by atoms with Crippen molar-refractivity contribution in [2.45, 2.75) is 44.6 Å². The third kappa shape index (κ3) is 3.64. The van der Waals surface area contributed by atoms with Crippen molar-refractivity contribution in [1.82, 2.24) is 9.03 Å². The highest BCUT2D eigenvalue weighted by molar-refractivity contribution is 7.87. The molecule has 2 aliphatic rings. The lowest BCUT2D eigenvalue weighted by Gasteiger charge is -2.32. The van der Waals surface area contributed by atoms with Gasteiger partial charge in [0.1, 0.15) is 0 Å². The first-order valence-electron chi connectivity index (χ1n) is 6.51. The molecule has 0 radical (unpaired) electrons. The second kappa shape index (κ2) is 5.65. The van der Waals surface area contributed by atoms with Crippen molar-refractivity contribution in [3.8, 4) is 0 Å². The van der Waals surface area contributed by atoms with Gasteiger partial charge in [-0.25, -0.2) is 4.72 Å². The molecule has 100 valence electrons. The van der Waals surface area contributed by atoms with E-state index in [-0.39, 0.29) is 6.10 Å². The Morgan fingerprint density at radius 3 is 2.24 bits per heavy atom. The van der Waals surface area contributed by atoms with Gasteiger partial charge in [0.25, 0.3) is 10.2 Å². The van der Waals surface area contributed by atoms with E-state index in [1.165, 1.54) is 0 Å². The lowest BCUT2D eigenvalue weighted by molar-refractivity contribution is 0.0451. The van der Waals surface area contributed by atoms with Crippen molar-refractivity contribution in [1.29, 1.82) is 0 Å². The normalized spacial score (nSPS) is 31.8. The zero-order chi connectivity index (χ0) is 12.3. The van der Waals surface area contributed by atoms with E-state index in [9.17, 15) is 8.42 Å². The molecule has 0 amide bonds. The number of aliphatic hydroxyl groups is 1. The van der Waals surface area contributed by atoms with Crippen LogP contribution >= 0.6 is 0 Å². The number of rotatable bonds is 4. The van der Waals surface area contributed by atoms with Gasteiger partial charge in [-0.1, -0.05) is 12.8 Å². The number of nitrogens with zero attached hydrogens (tertiary/aromatic N) is 1. The summed E-state index contributed by atoms with van der Waals surface area (Å²) in [5, 5.41) is 9.15. The third-order valence-corrected chi connectivity index (χ3v) is 5.25. The maximum Gasteiger partial charge on any atom is 0.279 e. The van der Waals surface area contributed by atoms with Crippen LogP contribution in [0.25, 0.3) is 0 Å². The molecule has 0 unspecified atom stereocenters. The lowest BCUT2D eigenvalue weighted by Crippen LogP contribution is -2.45. The fraction of sp³-hybridized carbons (Fsp3) is 1.00. The van der Waals surface area contributed by atoms with Gasteiger partial charge in [-0.05, 0) is 31.6 Å². The highest BCUT2D eigenvalue weighted by Crippen LogP contribution is 2.26. The molecule has 0 bridgehead atoms. The molecule has 0 aromatic rings. The number of hydrogen-bond donors (Lipinski definition) is 2. The maximum atomic E-state index is 12.0. The van der Waals surface area contributed by atoms with E-state index in [4.69, 9.17) is 5.11 Å². The Hall–Kier alpha value is -0.170. The van der Waals surface area contributed by atoms with E-state index in [1.807, 2.05) is 0 Å². The van der Waals surface area contributed by atoms with Crippen LogP contribution in [0.5, 0.6) is 0 Å². The van der Waals surface area contributed by atoms with Crippen LogP contribution in [0.1, 0.15) is 38.5 Å². The molecule has 0 aromatic carbocycles. The van der Waals surface area contributed by atoms with Crippen molar-refractivity contribution >= 4 is 10.2 Å². The van der Waals surface area contributed by atoms with Crippen molar-refractivity contribution in [3.05, 3.63) is 0 Å². The molecule has 2 fully saturated rings. The molecule has 0 aromatic heterocycles. The van der Waals surface area contributed by atoms with Gasteiger partial charge in [0.2, 0.25) is 0 Å². The minimum Gasteiger partial charge on any atom is -0.393 e. The SMILES string of the molecule is O=S(=O)(NCC1CC(O)C1)N1CCCCCC1. The van der Waals surface area contributed by atoms with E-state index < -0.39 is 10.2 Å². The Kier molecular flexibility index (Phi) is 4.41. The minimum absolute atomic E-state index is 0.220. The average Bonchev–Trinajstić information content (AvgIpc) is 2.51. The summed E-state index contributed by atoms with van der Waals surface area (Å²) < 4.78 is 28.3. The summed E-state index contributed by atoms with van der Waals surface area (Å²) in [4.78, 5) is 0. The number of aliphatic hydroxyl groups excluding tert-OH is 1. The topological polar surface area (TPSA) is 69.6 Å². The molecule has 1 aliphatic carbocycles. The van der Waals surface area contributed by atoms with E-state index in [1.54, 1.807) is 4.31 Å². The van der Waals surface area contributed by atoms with Gasteiger partial charge < -0.3 is 5.11 Å². The Morgan fingerprint density at radius 1 is 1.12 bits per heavy atom. The second-order valence-electron chi connectivity index (χ2n) is 5.16. The van der Waals surface area contributed by atoms with Gasteiger partial charge in [-0.2, -0.15) is 12.7 Å². The van der Waals surface area contributed by atoms with Crippen molar-refractivity contribution in [2.75, 3.05) is 19.6 Å². The zero-order valence-electron chi connectivity index (χ0n) is 10.1. The smallest absolute Gasteiger partial charge is 0.279 e. The van der Waals surface area contributed by atoms with Gasteiger partial charge in [-0.15, -0.1) is 0 Å². The summed E-state index contributed by atoms with van der Waals surface area (Å²) in [5.41, 5.74) is 0. The molecular weight excluding hydrogens is 240 g/mol. The summed E-state index contributed by atoms with van der Waals surface area (Å²) in [5.74, 6) is 0.312. The molecular formula is C11H22N2O3S. The van der Waals surface area contributed by atoms with Crippen LogP contribution in [0.4, 0.5) is 0 Å². The fourth-order valence-electron chi connectivity index (χ4n) is 2.46. The molecule has 1 heterocycles. The van der Waals surface area contributed by atoms with Crippen molar-refractivity contribution in [2.24, 2.45) is 5.92 Å². The van der Waals surface area contributed by atoms with Crippen LogP contribution in [0.2, 0.25) is 0 Å². The molecule has 0 spiro atoms. The quantitative estimate of drug-likeness (QED) is 0.773. The van der Waals surface area contributed by atoms with Gasteiger partial charge in [-0.3, -0.25) is 0 Å². The second-order valence-corrected chi connectivity index (χ2v) is 6.91. The monoisotopic (exact) mass is 262 g/mol. The highest BCUT2D eigenvalue weighted by Gasteiger charge is 2.29. The average molecular weight is 262 g/mol. The minimum atomic E-state index is -3.29. The zero-order valence-corrected chi connectivity index (χ0v) is 11.0. The van der Waals surface area contributed by atoms with Crippen LogP contribution in [0.3, 0.4) is 0 Å². The van der Waals surface area contributed by atoms with Crippen LogP contribution in [0, 0.1) is 5.92 Å². The molecule has 2 rings (SSSR count). The number of hydrogen-bond acceptors (Lipinski definition) is 3. The van der Waals surface area contributed by atoms with Crippen LogP contribution < -0.4 is 4.72 Å². The summed E-state index contributed by atoms with van der Waals surface area (Å²) in [6, 6.07) is 0. The molecule has 6 heteroatoms. The summed E-state index contributed by atoms with van der Waals surface area (Å²) >= 11 is 0. The van der Waals surface area contributed by atoms with Crippen LogP contribution in [-0.4, -0.2) is 43.6 Å². The fourth-order valence-corrected chi connectivity index (χ4v) is 3.83. The Labute approximate surface area is 103 Å². The largest absolute Gasteiger partial charge is 0.393 e. The molecule has 1 saturated carbocycles. The van der Waals surface area contributed by atoms with E-state index in [0.29, 0.717) is 25.6 Å². The van der Waals surface area contributed by atoms with Crippen LogP contribution in [-0.2, 0) is 10.2 Å². The van der Waals surface area contributed by atoms with Gasteiger partial charge >= 0.3 is 0 Å². The van der Waals surface area contributed by atoms with Gasteiger partial charge in [0, 0.05) is 19.6 Å². The molecule has 1 aliphatic heterocycles. The van der Waals surface area contributed by atoms with Crippen molar-refractivity contribution < 1.29 is 13.5 Å². The predicted octanol–water partition coefficient (Wildman–Crippen LogP) is 0.468. The Balaban J connectivity index is 1.80. The van der Waals surface area contributed by atoms with E-state index in [0.717, 1.165) is 38.5 Å². The lowest BCUT2D eigenvalue weighted by atomic mass is 9.83. The van der Waals surface area contributed by atoms with E-state index in [2.05, 4.69) is 4.72 Å². The van der Waals surface area contributed by atoms with E-state index >= 15 is 0 Å². The first-order chi connectivity index (χ1) is 8.08. The molecule has 1 saturated heterocycles. The molecule has 17 heavy (non-hydrogen) atoms. The molecule has 2 N–H and O–H groups in total. The van der Waals surface area contributed by atoms with Gasteiger partial charge in [0.05, 0.1) is 6.10 Å². The van der Waals surface area contributed by atoms with Gasteiger partial charge in [0.15, 0.2) is 0 Å². The van der Waals surface area contributed by atoms with Crippen molar-refractivity contribution in [3.63, 3.8) is 0 Å². The first-order valence-corrected chi connectivity index (χ1v) is 7.95. The maximum absolute atomic E-state index is 12.0. The number of nitrogens with one attached hydrogen (secondary N) is 1. The summed E-state index contributed by atoms with van der Waals surface area (Å²) in [7, 11) is -3.29. The van der Waals surface area contributed by atoms with Crippen LogP contribution in [0.15, 0.2) is 0 Å². The Morgan fingerprint density at radius 2 is 1.71 bits per heavy atom. The molecule has 5 nitrogen and oxygen atoms in total. The predicted molar refractivity (Wildman–Crippen MR) is 65.7 cm³/mol.